The molecule has 3 aromatic heterocycles. The van der Waals surface area contributed by atoms with Gasteiger partial charge >= 0.3 is 0 Å². The first-order valence-corrected chi connectivity index (χ1v) is 12.1. The summed E-state index contributed by atoms with van der Waals surface area (Å²) in [5.74, 6) is 1.40. The van der Waals surface area contributed by atoms with E-state index in [1.54, 1.807) is 18.7 Å². The Bertz CT molecular complexity index is 1160. The number of hydrogen-bond donors (Lipinski definition) is 2. The number of anilines is 1. The zero-order valence-corrected chi connectivity index (χ0v) is 20.2. The number of ether oxygens (including phenoxy) is 1. The van der Waals surface area contributed by atoms with Gasteiger partial charge in [0.25, 0.3) is 5.91 Å². The van der Waals surface area contributed by atoms with Crippen molar-refractivity contribution in [2.75, 3.05) is 24.6 Å². The molecule has 0 aliphatic carbocycles. The Morgan fingerprint density at radius 2 is 2.21 bits per heavy atom. The van der Waals surface area contributed by atoms with Crippen molar-refractivity contribution in [3.63, 3.8) is 0 Å². The van der Waals surface area contributed by atoms with Gasteiger partial charge in [0.1, 0.15) is 29.9 Å². The molecule has 0 aromatic carbocycles. The zero-order valence-electron chi connectivity index (χ0n) is 20.2. The number of H-pyrrole nitrogens is 1. The van der Waals surface area contributed by atoms with E-state index in [0.717, 1.165) is 61.2 Å². The number of carbonyl (C=O) groups is 1. The van der Waals surface area contributed by atoms with E-state index in [1.165, 1.54) is 0 Å². The van der Waals surface area contributed by atoms with Crippen LogP contribution in [-0.2, 0) is 6.42 Å². The summed E-state index contributed by atoms with van der Waals surface area (Å²) in [4.78, 5) is 35.8. The predicted molar refractivity (Wildman–Crippen MR) is 133 cm³/mol. The lowest BCUT2D eigenvalue weighted by Crippen LogP contribution is -2.35. The summed E-state index contributed by atoms with van der Waals surface area (Å²) in [6.45, 7) is 8.15. The van der Waals surface area contributed by atoms with Gasteiger partial charge in [0.2, 0.25) is 0 Å². The number of imidazole rings is 1. The summed E-state index contributed by atoms with van der Waals surface area (Å²) < 4.78 is 6.40. The normalized spacial score (nSPS) is 16.0. The Kier molecular flexibility index (Phi) is 7.72. The van der Waals surface area contributed by atoms with Gasteiger partial charge in [-0.25, -0.2) is 19.9 Å². The van der Waals surface area contributed by atoms with E-state index in [2.05, 4.69) is 49.0 Å². The van der Waals surface area contributed by atoms with E-state index >= 15 is 0 Å². The number of fused-ring (bicyclic) bond motifs is 1. The third kappa shape index (κ3) is 5.03. The van der Waals surface area contributed by atoms with E-state index in [9.17, 15) is 4.79 Å². The molecule has 1 saturated heterocycles. The zero-order chi connectivity index (χ0) is 23.9. The number of allylic oxidation sites excluding steroid dienone is 1. The molecule has 1 fully saturated rings. The minimum atomic E-state index is -0.170. The molecule has 1 aliphatic rings. The lowest BCUT2D eigenvalue weighted by molar-refractivity contribution is 0.0947. The number of aromatic nitrogens is 5. The Balaban J connectivity index is 1.57. The van der Waals surface area contributed by atoms with Crippen LogP contribution in [0.2, 0.25) is 0 Å². The second-order valence-corrected chi connectivity index (χ2v) is 8.43. The molecule has 1 aliphatic heterocycles. The topological polar surface area (TPSA) is 109 Å². The number of nitrogens with one attached hydrogen (secondary N) is 2. The van der Waals surface area contributed by atoms with E-state index in [0.29, 0.717) is 30.2 Å². The number of unbranched alkanes of at least 4 members (excludes halogenated alkanes) is 1. The number of carbonyl (C=O) groups excluding carboxylic acids is 1. The van der Waals surface area contributed by atoms with Gasteiger partial charge in [-0.2, -0.15) is 0 Å². The lowest BCUT2D eigenvalue weighted by Gasteiger charge is -2.26. The third-order valence-electron chi connectivity index (χ3n) is 6.13. The second kappa shape index (κ2) is 11.1. The first kappa shape index (κ1) is 23.7. The monoisotopic (exact) mass is 463 g/mol. The standard InChI is InChI=1S/C25H33N7O2/c1-4-7-11-26-25(33)20-13-21(18(6-3)19(31-20)9-5-2)34-14-17-10-8-12-32(17)24-22-23(28-15-27-22)29-16-30-24/h5,9,13,15-17H,4,6-8,10-12,14H2,1-3H3,(H,26,33)(H,27,28,29,30). The largest absolute Gasteiger partial charge is 0.491 e. The van der Waals surface area contributed by atoms with Crippen LogP contribution in [0.25, 0.3) is 17.2 Å². The van der Waals surface area contributed by atoms with Crippen molar-refractivity contribution in [3.05, 3.63) is 41.7 Å². The molecule has 180 valence electrons. The molecule has 1 unspecified atom stereocenters. The van der Waals surface area contributed by atoms with Gasteiger partial charge in [0.15, 0.2) is 11.5 Å². The summed E-state index contributed by atoms with van der Waals surface area (Å²) in [6.07, 6.45) is 11.8. The fourth-order valence-corrected chi connectivity index (χ4v) is 4.38. The molecule has 0 saturated carbocycles. The highest BCUT2D eigenvalue weighted by atomic mass is 16.5. The maximum atomic E-state index is 12.7. The molecule has 1 atom stereocenters. The molecule has 1 amide bonds. The van der Waals surface area contributed by atoms with Gasteiger partial charge in [0, 0.05) is 24.7 Å². The number of hydrogen-bond acceptors (Lipinski definition) is 7. The van der Waals surface area contributed by atoms with Gasteiger partial charge < -0.3 is 19.9 Å². The Hall–Kier alpha value is -3.49. The molecule has 0 spiro atoms. The Labute approximate surface area is 200 Å². The van der Waals surface area contributed by atoms with Crippen LogP contribution < -0.4 is 15.0 Å². The first-order chi connectivity index (χ1) is 16.7. The molecule has 9 nitrogen and oxygen atoms in total. The summed E-state index contributed by atoms with van der Waals surface area (Å²) in [7, 11) is 0. The van der Waals surface area contributed by atoms with Crippen molar-refractivity contribution < 1.29 is 9.53 Å². The first-order valence-electron chi connectivity index (χ1n) is 12.1. The van der Waals surface area contributed by atoms with Crippen molar-refractivity contribution in [2.45, 2.75) is 58.9 Å². The fraction of sp³-hybridized carbons (Fsp3) is 0.480. The van der Waals surface area contributed by atoms with E-state index in [-0.39, 0.29) is 11.9 Å². The number of pyridine rings is 1. The van der Waals surface area contributed by atoms with Crippen LogP contribution in [0, 0.1) is 0 Å². The molecule has 0 bridgehead atoms. The smallest absolute Gasteiger partial charge is 0.270 e. The highest BCUT2D eigenvalue weighted by Gasteiger charge is 2.29. The third-order valence-corrected chi connectivity index (χ3v) is 6.13. The molecule has 4 heterocycles. The lowest BCUT2D eigenvalue weighted by atomic mass is 10.1. The van der Waals surface area contributed by atoms with E-state index in [1.807, 2.05) is 19.1 Å². The second-order valence-electron chi connectivity index (χ2n) is 8.43. The molecule has 3 aromatic rings. The highest BCUT2D eigenvalue weighted by Crippen LogP contribution is 2.30. The average Bonchev–Trinajstić information content (AvgIpc) is 3.52. The van der Waals surface area contributed by atoms with Crippen molar-refractivity contribution in [3.8, 4) is 5.75 Å². The molecular weight excluding hydrogens is 430 g/mol. The molecule has 34 heavy (non-hydrogen) atoms. The van der Waals surface area contributed by atoms with Gasteiger partial charge in [-0.1, -0.05) is 26.3 Å². The van der Waals surface area contributed by atoms with Crippen LogP contribution >= 0.6 is 0 Å². The summed E-state index contributed by atoms with van der Waals surface area (Å²) in [5.41, 5.74) is 3.67. The van der Waals surface area contributed by atoms with Gasteiger partial charge in [-0.05, 0) is 38.7 Å². The fourth-order valence-electron chi connectivity index (χ4n) is 4.38. The highest BCUT2D eigenvalue weighted by molar-refractivity contribution is 5.93. The van der Waals surface area contributed by atoms with Crippen molar-refractivity contribution in [1.29, 1.82) is 0 Å². The number of amides is 1. The van der Waals surface area contributed by atoms with Crippen molar-refractivity contribution >= 4 is 29.0 Å². The summed E-state index contributed by atoms with van der Waals surface area (Å²) in [5, 5.41) is 2.96. The molecule has 4 rings (SSSR count). The molecule has 2 N–H and O–H groups in total. The van der Waals surface area contributed by atoms with Crippen LogP contribution in [0.15, 0.2) is 24.8 Å². The quantitative estimate of drug-likeness (QED) is 0.439. The molecular formula is C25H33N7O2. The minimum Gasteiger partial charge on any atom is -0.491 e. The maximum Gasteiger partial charge on any atom is 0.270 e. The van der Waals surface area contributed by atoms with Gasteiger partial charge in [0.05, 0.1) is 18.1 Å². The number of aromatic amines is 1. The SMILES string of the molecule is CC=Cc1nc(C(=O)NCCCC)cc(OCC2CCCN2c2ncnc3nc[nH]c23)c1CC. The van der Waals surface area contributed by atoms with Crippen LogP contribution in [0.1, 0.15) is 68.2 Å². The predicted octanol–water partition coefficient (Wildman–Crippen LogP) is 3.92. The van der Waals surface area contributed by atoms with Gasteiger partial charge in [-0.15, -0.1) is 0 Å². The number of nitrogens with zero attached hydrogens (tertiary/aromatic N) is 5. The minimum absolute atomic E-state index is 0.159. The van der Waals surface area contributed by atoms with Crippen molar-refractivity contribution in [1.82, 2.24) is 30.2 Å². The average molecular weight is 464 g/mol. The Morgan fingerprint density at radius 3 is 3.00 bits per heavy atom. The van der Waals surface area contributed by atoms with E-state index in [4.69, 9.17) is 4.74 Å². The van der Waals surface area contributed by atoms with Crippen LogP contribution in [0.5, 0.6) is 5.75 Å². The maximum absolute atomic E-state index is 12.7. The van der Waals surface area contributed by atoms with Crippen LogP contribution in [0.3, 0.4) is 0 Å². The molecule has 9 heteroatoms. The Morgan fingerprint density at radius 1 is 1.32 bits per heavy atom. The molecule has 0 radical (unpaired) electrons. The van der Waals surface area contributed by atoms with E-state index < -0.39 is 0 Å². The van der Waals surface area contributed by atoms with Crippen LogP contribution in [-0.4, -0.2) is 56.6 Å². The van der Waals surface area contributed by atoms with Crippen LogP contribution in [0.4, 0.5) is 5.82 Å². The van der Waals surface area contributed by atoms with Gasteiger partial charge in [-0.3, -0.25) is 4.79 Å². The van der Waals surface area contributed by atoms with Crippen molar-refractivity contribution in [2.24, 2.45) is 0 Å². The summed E-state index contributed by atoms with van der Waals surface area (Å²) in [6, 6.07) is 1.94. The number of rotatable bonds is 10. The summed E-state index contributed by atoms with van der Waals surface area (Å²) >= 11 is 0.